The number of thioether (sulfide) groups is 2. The second-order valence-corrected chi connectivity index (χ2v) is 25.5. The van der Waals surface area contributed by atoms with Crippen LogP contribution in [0.5, 0.6) is 0 Å². The van der Waals surface area contributed by atoms with Gasteiger partial charge in [0.1, 0.15) is 42.3 Å². The average molecular weight is 1320 g/mol. The Kier molecular flexibility index (Phi) is 33.5. The minimum Gasteiger partial charge on any atom is -0.481 e. The summed E-state index contributed by atoms with van der Waals surface area (Å²) in [5, 5.41) is 49.4. The highest BCUT2D eigenvalue weighted by Crippen LogP contribution is 2.27. The number of hydrogen-bond acceptors (Lipinski definition) is 18. The maximum absolute atomic E-state index is 14.9. The summed E-state index contributed by atoms with van der Waals surface area (Å²) in [4.78, 5) is 156. The zero-order valence-corrected chi connectivity index (χ0v) is 54.5. The molecule has 0 saturated carbocycles. The number of aliphatic hydroxyl groups is 1. The summed E-state index contributed by atoms with van der Waals surface area (Å²) >= 11 is 2.68. The largest absolute Gasteiger partial charge is 0.481 e. The van der Waals surface area contributed by atoms with Gasteiger partial charge in [0.2, 0.25) is 53.2 Å². The van der Waals surface area contributed by atoms with E-state index in [0.717, 1.165) is 17.5 Å². The summed E-state index contributed by atoms with van der Waals surface area (Å²) in [5.74, 6) is -7.22. The van der Waals surface area contributed by atoms with Gasteiger partial charge in [-0.2, -0.15) is 23.5 Å². The summed E-state index contributed by atoms with van der Waals surface area (Å²) in [6.07, 6.45) is 0.847. The second-order valence-electron chi connectivity index (χ2n) is 23.4. The molecular weight excluding hydrogens is 1230 g/mol. The molecule has 0 spiro atoms. The smallest absolute Gasteiger partial charge is 0.315 e. The molecule has 2 bridgehead atoms. The van der Waals surface area contributed by atoms with Crippen molar-refractivity contribution < 1.29 is 63.0 Å². The highest BCUT2D eigenvalue weighted by Gasteiger charge is 2.45. The first kappa shape index (κ1) is 75.6. The third-order valence-corrected chi connectivity index (χ3v) is 18.2. The van der Waals surface area contributed by atoms with E-state index in [4.69, 9.17) is 17.2 Å². The van der Waals surface area contributed by atoms with Crippen molar-refractivity contribution in [3.8, 4) is 0 Å². The van der Waals surface area contributed by atoms with Gasteiger partial charge < -0.3 is 90.4 Å². The molecule has 0 radical (unpaired) electrons. The summed E-state index contributed by atoms with van der Waals surface area (Å²) in [7, 11) is 0. The number of urea groups is 1. The first-order valence-corrected chi connectivity index (χ1v) is 34.3. The second kappa shape index (κ2) is 40.8. The summed E-state index contributed by atoms with van der Waals surface area (Å²) < 4.78 is 0. The fourth-order valence-electron chi connectivity index (χ4n) is 11.0. The lowest BCUT2D eigenvalue weighted by atomic mass is 10.0. The quantitative estimate of drug-likeness (QED) is 0.0427. The summed E-state index contributed by atoms with van der Waals surface area (Å²) in [6.45, 7) is 6.82. The number of aliphatic carboxylic acids is 1. The Hall–Kier alpha value is -7.09. The van der Waals surface area contributed by atoms with Gasteiger partial charge >= 0.3 is 12.0 Å². The standard InChI is InChI=1S/C62H97N15O13S2/c1-3-4-24-69-62(90)74-48-38-92-36-42-16-10-15-41(30-42)35-91-37-47(57(85)70-44(32-52(80)81)17-8-9-25-68-54(82)43(33-66-26-22-63)34-67-27-23-64)73-56(84)46(31-40-13-6-5-7-14-40)72-55(83)45(20-21-51(65)79)71-59(87)53(39(2)78)75-58(86)49-18-11-28-76(49)61(89)50-19-12-29-77(50)60(48)88/h5-7,10,13-16,30,39,43-50,53,66-67,78H,3-4,8-9,11-12,17-29,31-38,63-64H2,1-2H3,(H2,65,79)(H,68,82)(H,70,85)(H,71,87)(H,72,83)(H,73,84)(H,75,86)(H,80,81)(H2,69,74,90)/t39-,44+,45+,46+,47+,48+,49+,50+,53+/m1/s1. The van der Waals surface area contributed by atoms with Crippen LogP contribution in [0.2, 0.25) is 0 Å². The van der Waals surface area contributed by atoms with Gasteiger partial charge in [0.25, 0.3) is 0 Å². The van der Waals surface area contributed by atoms with E-state index in [2.05, 4.69) is 53.2 Å². The van der Waals surface area contributed by atoms with Crippen LogP contribution in [0.4, 0.5) is 4.79 Å². The molecule has 2 aromatic rings. The Bertz CT molecular complexity index is 2750. The lowest BCUT2D eigenvalue weighted by Crippen LogP contribution is -2.62. The highest BCUT2D eigenvalue weighted by molar-refractivity contribution is 7.98. The van der Waals surface area contributed by atoms with Crippen molar-refractivity contribution in [3.05, 3.63) is 71.3 Å². The van der Waals surface area contributed by atoms with Crippen LogP contribution >= 0.6 is 23.5 Å². The van der Waals surface area contributed by atoms with E-state index < -0.39 is 139 Å². The van der Waals surface area contributed by atoms with Gasteiger partial charge in [-0.15, -0.1) is 0 Å². The van der Waals surface area contributed by atoms with E-state index in [1.165, 1.54) is 40.2 Å². The van der Waals surface area contributed by atoms with Crippen molar-refractivity contribution in [1.82, 2.24) is 63.0 Å². The van der Waals surface area contributed by atoms with E-state index in [9.17, 15) is 63.0 Å². The summed E-state index contributed by atoms with van der Waals surface area (Å²) in [6, 6.07) is 5.44. The number of carbonyl (C=O) groups is 11. The fourth-order valence-corrected chi connectivity index (χ4v) is 13.0. The number of rotatable bonds is 28. The van der Waals surface area contributed by atoms with Gasteiger partial charge in [-0.1, -0.05) is 67.9 Å². The molecule has 2 aromatic carbocycles. The molecule has 5 rings (SSSR count). The molecule has 0 aliphatic carbocycles. The van der Waals surface area contributed by atoms with E-state index >= 15 is 0 Å². The number of nitrogens with zero attached hydrogens (tertiary/aromatic N) is 2. The predicted octanol–water partition coefficient (Wildman–Crippen LogP) is -1.60. The molecule has 2 fully saturated rings. The molecule has 92 heavy (non-hydrogen) atoms. The molecule has 28 nitrogen and oxygen atoms in total. The number of fused-ring (bicyclic) bond motifs is 4. The third kappa shape index (κ3) is 25.8. The molecule has 3 aliphatic rings. The van der Waals surface area contributed by atoms with Gasteiger partial charge in [0, 0.05) is 107 Å². The van der Waals surface area contributed by atoms with Crippen LogP contribution in [-0.2, 0) is 65.9 Å². The predicted molar refractivity (Wildman–Crippen MR) is 350 cm³/mol. The SMILES string of the molecule is CCCCNC(=O)N[C@H]1CSCc2cccc(c2)CSC[C@@H](C(=O)N[C@@H](CCCCNC(=O)C(CNCCN)CNCCN)CC(=O)O)NC(=O)[C@H](Cc2ccccc2)NC(=O)[C@H](CCC(N)=O)NC(=O)[C@H]([C@@H](C)O)NC(=O)[C@@H]2CCCN2C(=O)[C@@H]2CCCN2C1=O. The number of unbranched alkanes of at least 4 members (excludes halogenated alkanes) is 2. The number of carbonyl (C=O) groups excluding carboxylic acids is 10. The number of carboxylic acid groups (broad SMARTS) is 1. The first-order chi connectivity index (χ1) is 44.2. The maximum atomic E-state index is 14.9. The van der Waals surface area contributed by atoms with Crippen LogP contribution in [0.25, 0.3) is 0 Å². The van der Waals surface area contributed by atoms with Crippen molar-refractivity contribution in [1.29, 1.82) is 0 Å². The van der Waals surface area contributed by atoms with Gasteiger partial charge in [-0.05, 0) is 81.4 Å². The Morgan fingerprint density at radius 3 is 1.96 bits per heavy atom. The number of hydrogen-bond donors (Lipinski definition) is 15. The Morgan fingerprint density at radius 1 is 0.707 bits per heavy atom. The van der Waals surface area contributed by atoms with Gasteiger partial charge in [0.15, 0.2) is 0 Å². The fraction of sp³-hybridized carbons (Fsp3) is 0.629. The molecule has 510 valence electrons. The number of amides is 11. The lowest BCUT2D eigenvalue weighted by Gasteiger charge is -2.33. The van der Waals surface area contributed by atoms with E-state index in [0.29, 0.717) is 95.0 Å². The number of nitrogens with one attached hydrogen (secondary N) is 10. The maximum Gasteiger partial charge on any atom is 0.315 e. The minimum absolute atomic E-state index is 0.0615. The molecule has 3 aliphatic heterocycles. The Morgan fingerprint density at radius 2 is 1.33 bits per heavy atom. The average Bonchev–Trinajstić information content (AvgIpc) is 1.77. The van der Waals surface area contributed by atoms with Crippen molar-refractivity contribution in [2.24, 2.45) is 23.1 Å². The zero-order chi connectivity index (χ0) is 67.0. The topological polar surface area (TPSA) is 433 Å². The molecule has 3 heterocycles. The van der Waals surface area contributed by atoms with Gasteiger partial charge in [-0.3, -0.25) is 47.9 Å². The van der Waals surface area contributed by atoms with Crippen molar-refractivity contribution >= 4 is 88.7 Å². The molecular formula is C62H97N15O13S2. The van der Waals surface area contributed by atoms with Crippen molar-refractivity contribution in [3.63, 3.8) is 0 Å². The van der Waals surface area contributed by atoms with Gasteiger partial charge in [0.05, 0.1) is 18.4 Å². The lowest BCUT2D eigenvalue weighted by molar-refractivity contribution is -0.147. The first-order valence-electron chi connectivity index (χ1n) is 31.9. The van der Waals surface area contributed by atoms with E-state index in [-0.39, 0.29) is 62.7 Å². The monoisotopic (exact) mass is 1320 g/mol. The van der Waals surface area contributed by atoms with E-state index in [1.54, 1.807) is 30.3 Å². The minimum atomic E-state index is -1.72. The number of carboxylic acids is 1. The van der Waals surface area contributed by atoms with Crippen molar-refractivity contribution in [2.75, 3.05) is 77.0 Å². The molecule has 30 heteroatoms. The van der Waals surface area contributed by atoms with Crippen LogP contribution in [0, 0.1) is 5.92 Å². The van der Waals surface area contributed by atoms with Crippen LogP contribution in [0.1, 0.15) is 108 Å². The van der Waals surface area contributed by atoms with Crippen LogP contribution < -0.4 is 70.4 Å². The molecule has 0 unspecified atom stereocenters. The highest BCUT2D eigenvalue weighted by atomic mass is 32.2. The molecule has 18 N–H and O–H groups in total. The third-order valence-electron chi connectivity index (χ3n) is 15.9. The van der Waals surface area contributed by atoms with E-state index in [1.807, 2.05) is 31.2 Å². The molecule has 11 amide bonds. The van der Waals surface area contributed by atoms with Crippen LogP contribution in [-0.4, -0.2) is 217 Å². The number of benzene rings is 2. The number of aliphatic hydroxyl groups excluding tert-OH is 1. The Labute approximate surface area is 546 Å². The van der Waals surface area contributed by atoms with Crippen LogP contribution in [0.3, 0.4) is 0 Å². The molecule has 0 aromatic heterocycles. The molecule has 9 atom stereocenters. The zero-order valence-electron chi connectivity index (χ0n) is 52.9. The molecule has 2 saturated heterocycles. The number of nitrogens with two attached hydrogens (primary N) is 3. The normalized spacial score (nSPS) is 22.3. The van der Waals surface area contributed by atoms with Crippen molar-refractivity contribution in [2.45, 2.75) is 163 Å². The summed E-state index contributed by atoms with van der Waals surface area (Å²) in [5.41, 5.74) is 19.1. The number of primary amides is 1. The Balaban J connectivity index is 1.48. The van der Waals surface area contributed by atoms with Crippen LogP contribution in [0.15, 0.2) is 54.6 Å². The van der Waals surface area contributed by atoms with Gasteiger partial charge in [-0.25, -0.2) is 4.79 Å².